The van der Waals surface area contributed by atoms with Crippen LogP contribution in [0.3, 0.4) is 0 Å². The Morgan fingerprint density at radius 1 is 0.854 bits per heavy atom. The number of aromatic nitrogens is 3. The quantitative estimate of drug-likeness (QED) is 0.0887. The van der Waals surface area contributed by atoms with Crippen LogP contribution in [0.15, 0.2) is 54.7 Å². The van der Waals surface area contributed by atoms with Crippen molar-refractivity contribution in [2.75, 3.05) is 26.8 Å². The molecule has 12 nitrogen and oxygen atoms in total. The number of hydrogen-bond acceptors (Lipinski definition) is 9. The molecule has 13 heteroatoms. The Bertz CT molecular complexity index is 1690. The number of carboxylic acid groups (broad SMARTS) is 2. The SMILES string of the molecule is COc1cc(OCc2cccc(-c3cccc(OCCCn4cc(CNCCC(=O)O)nn4)c3C)c2C)c(Cl)cc1CNCCC(=O)O. The molecular formula is C35H42ClN5O7. The average molecular weight is 680 g/mol. The normalized spacial score (nSPS) is 11.0. The number of benzene rings is 3. The first-order chi connectivity index (χ1) is 23.2. The smallest absolute Gasteiger partial charge is 0.304 e. The molecule has 3 aromatic carbocycles. The number of rotatable bonds is 20. The van der Waals surface area contributed by atoms with Gasteiger partial charge in [0.25, 0.3) is 0 Å². The van der Waals surface area contributed by atoms with E-state index in [1.54, 1.807) is 23.9 Å². The maximum atomic E-state index is 10.8. The van der Waals surface area contributed by atoms with Gasteiger partial charge in [-0.2, -0.15) is 0 Å². The molecule has 0 saturated heterocycles. The van der Waals surface area contributed by atoms with Crippen molar-refractivity contribution in [1.82, 2.24) is 25.6 Å². The van der Waals surface area contributed by atoms with E-state index in [2.05, 4.69) is 46.9 Å². The van der Waals surface area contributed by atoms with Crippen LogP contribution >= 0.6 is 11.6 Å². The van der Waals surface area contributed by atoms with Gasteiger partial charge >= 0.3 is 11.9 Å². The van der Waals surface area contributed by atoms with E-state index < -0.39 is 11.9 Å². The molecule has 4 rings (SSSR count). The first kappa shape index (κ1) is 36.2. The Hall–Kier alpha value is -4.65. The van der Waals surface area contributed by atoms with Crippen molar-refractivity contribution < 1.29 is 34.0 Å². The van der Waals surface area contributed by atoms with Crippen LogP contribution in [0.5, 0.6) is 17.2 Å². The molecule has 0 fully saturated rings. The largest absolute Gasteiger partial charge is 0.496 e. The van der Waals surface area contributed by atoms with E-state index >= 15 is 0 Å². The summed E-state index contributed by atoms with van der Waals surface area (Å²) in [6.07, 6.45) is 2.67. The standard InChI is InChI=1S/C35H42ClN5O7/c1-23-25(22-48-33-18-32(46-3)26(17-30(33)36)19-37-13-11-34(42)43)7-4-8-28(23)29-9-5-10-31(24(29)2)47-16-6-15-41-21-27(39-40-41)20-38-14-12-35(44)45/h4-5,7-10,17-18,21,37-38H,6,11-16,19-20,22H2,1-3H3,(H,42,43)(H,44,45). The van der Waals surface area contributed by atoms with E-state index in [-0.39, 0.29) is 12.8 Å². The molecule has 0 radical (unpaired) electrons. The third-order valence-corrected chi connectivity index (χ3v) is 8.06. The first-order valence-corrected chi connectivity index (χ1v) is 16.1. The number of ether oxygens (including phenoxy) is 3. The summed E-state index contributed by atoms with van der Waals surface area (Å²) >= 11 is 6.57. The van der Waals surface area contributed by atoms with Gasteiger partial charge < -0.3 is 35.1 Å². The van der Waals surface area contributed by atoms with Crippen molar-refractivity contribution in [3.05, 3.63) is 87.7 Å². The Balaban J connectivity index is 1.34. The molecule has 1 heterocycles. The number of aryl methyl sites for hydroxylation is 1. The topological polar surface area (TPSA) is 157 Å². The molecular weight excluding hydrogens is 638 g/mol. The summed E-state index contributed by atoms with van der Waals surface area (Å²) in [6, 6.07) is 15.7. The van der Waals surface area contributed by atoms with Gasteiger partial charge in [0, 0.05) is 57.0 Å². The summed E-state index contributed by atoms with van der Waals surface area (Å²) in [5.74, 6) is 0.208. The molecule has 4 N–H and O–H groups in total. The fourth-order valence-corrected chi connectivity index (χ4v) is 5.37. The van der Waals surface area contributed by atoms with Gasteiger partial charge in [-0.05, 0) is 53.8 Å². The second-order valence-corrected chi connectivity index (χ2v) is 11.6. The third-order valence-electron chi connectivity index (χ3n) is 7.77. The maximum Gasteiger partial charge on any atom is 0.304 e. The lowest BCUT2D eigenvalue weighted by atomic mass is 9.93. The molecule has 0 amide bonds. The van der Waals surface area contributed by atoms with Crippen LogP contribution in [-0.2, 0) is 35.8 Å². The van der Waals surface area contributed by atoms with Crippen LogP contribution in [0.25, 0.3) is 11.1 Å². The summed E-state index contributed by atoms with van der Waals surface area (Å²) in [5, 5.41) is 32.4. The predicted octanol–water partition coefficient (Wildman–Crippen LogP) is 5.40. The first-order valence-electron chi connectivity index (χ1n) is 15.7. The van der Waals surface area contributed by atoms with Crippen molar-refractivity contribution >= 4 is 23.5 Å². The van der Waals surface area contributed by atoms with Crippen molar-refractivity contribution in [2.24, 2.45) is 0 Å². The van der Waals surface area contributed by atoms with Gasteiger partial charge in [0.2, 0.25) is 0 Å². The van der Waals surface area contributed by atoms with Gasteiger partial charge in [0.1, 0.15) is 23.9 Å². The summed E-state index contributed by atoms with van der Waals surface area (Å²) in [7, 11) is 1.57. The molecule has 4 aromatic rings. The number of nitrogens with one attached hydrogen (secondary N) is 2. The van der Waals surface area contributed by atoms with Crippen molar-refractivity contribution in [3.63, 3.8) is 0 Å². The molecule has 0 bridgehead atoms. The molecule has 256 valence electrons. The number of carboxylic acids is 2. The molecule has 0 aliphatic heterocycles. The molecule has 0 spiro atoms. The van der Waals surface area contributed by atoms with Gasteiger partial charge in [0.15, 0.2) is 0 Å². The molecule has 0 atom stereocenters. The Morgan fingerprint density at radius 3 is 2.25 bits per heavy atom. The fraction of sp³-hybridized carbons (Fsp3) is 0.371. The highest BCUT2D eigenvalue weighted by Gasteiger charge is 2.15. The summed E-state index contributed by atoms with van der Waals surface area (Å²) < 4.78 is 19.7. The molecule has 1 aromatic heterocycles. The van der Waals surface area contributed by atoms with Gasteiger partial charge in [-0.25, -0.2) is 0 Å². The van der Waals surface area contributed by atoms with Crippen molar-refractivity contribution in [3.8, 4) is 28.4 Å². The Kier molecular flexibility index (Phi) is 13.6. The fourth-order valence-electron chi connectivity index (χ4n) is 5.13. The number of halogens is 1. The second-order valence-electron chi connectivity index (χ2n) is 11.2. The van der Waals surface area contributed by atoms with Crippen molar-refractivity contribution in [1.29, 1.82) is 0 Å². The lowest BCUT2D eigenvalue weighted by Gasteiger charge is -2.18. The highest BCUT2D eigenvalue weighted by molar-refractivity contribution is 6.32. The zero-order valence-corrected chi connectivity index (χ0v) is 28.2. The minimum Gasteiger partial charge on any atom is -0.496 e. The molecule has 0 unspecified atom stereocenters. The number of hydrogen-bond donors (Lipinski definition) is 4. The Labute approximate surface area is 285 Å². The number of methoxy groups -OCH3 is 1. The van der Waals surface area contributed by atoms with Crippen LogP contribution in [0.4, 0.5) is 0 Å². The van der Waals surface area contributed by atoms with Gasteiger partial charge in [-0.1, -0.05) is 47.1 Å². The highest BCUT2D eigenvalue weighted by Crippen LogP contribution is 2.36. The zero-order chi connectivity index (χ0) is 34.5. The van der Waals surface area contributed by atoms with E-state index in [4.69, 9.17) is 36.0 Å². The third kappa shape index (κ3) is 10.4. The van der Waals surface area contributed by atoms with Gasteiger partial charge in [0.05, 0.1) is 37.3 Å². The van der Waals surface area contributed by atoms with Crippen LogP contribution in [-0.4, -0.2) is 64.0 Å². The molecule has 0 aliphatic rings. The van der Waals surface area contributed by atoms with Gasteiger partial charge in [-0.3, -0.25) is 14.3 Å². The predicted molar refractivity (Wildman–Crippen MR) is 182 cm³/mol. The molecule has 0 aliphatic carbocycles. The monoisotopic (exact) mass is 679 g/mol. The summed E-state index contributed by atoms with van der Waals surface area (Å²) in [5.41, 5.74) is 6.85. The van der Waals surface area contributed by atoms with Crippen molar-refractivity contribution in [2.45, 2.75) is 59.4 Å². The number of aliphatic carboxylic acids is 2. The zero-order valence-electron chi connectivity index (χ0n) is 27.4. The summed E-state index contributed by atoms with van der Waals surface area (Å²) in [4.78, 5) is 21.4. The van der Waals surface area contributed by atoms with Gasteiger partial charge in [-0.15, -0.1) is 5.10 Å². The Morgan fingerprint density at radius 2 is 1.54 bits per heavy atom. The minimum absolute atomic E-state index is 0.0260. The number of nitrogens with zero attached hydrogens (tertiary/aromatic N) is 3. The van der Waals surface area contributed by atoms with E-state index in [1.165, 1.54) is 0 Å². The van der Waals surface area contributed by atoms with Crippen LogP contribution in [0, 0.1) is 13.8 Å². The van der Waals surface area contributed by atoms with E-state index in [0.29, 0.717) is 62.5 Å². The minimum atomic E-state index is -0.860. The lowest BCUT2D eigenvalue weighted by molar-refractivity contribution is -0.137. The maximum absolute atomic E-state index is 10.8. The highest BCUT2D eigenvalue weighted by atomic mass is 35.5. The van der Waals surface area contributed by atoms with Crippen LogP contribution in [0.1, 0.15) is 47.2 Å². The second kappa shape index (κ2) is 18.0. The molecule has 48 heavy (non-hydrogen) atoms. The average Bonchev–Trinajstić information content (AvgIpc) is 3.51. The van der Waals surface area contributed by atoms with Crippen LogP contribution in [0.2, 0.25) is 5.02 Å². The summed E-state index contributed by atoms with van der Waals surface area (Å²) in [6.45, 7) is 7.17. The number of carbonyl (C=O) groups is 2. The van der Waals surface area contributed by atoms with E-state index in [1.807, 2.05) is 30.5 Å². The van der Waals surface area contributed by atoms with E-state index in [0.717, 1.165) is 51.2 Å². The lowest BCUT2D eigenvalue weighted by Crippen LogP contribution is -2.18. The van der Waals surface area contributed by atoms with E-state index in [9.17, 15) is 9.59 Å². The van der Waals surface area contributed by atoms with Crippen LogP contribution < -0.4 is 24.8 Å². The molecule has 0 saturated carbocycles.